The van der Waals surface area contributed by atoms with Crippen LogP contribution in [0, 0.1) is 5.92 Å². The van der Waals surface area contributed by atoms with Crippen molar-refractivity contribution >= 4 is 48.0 Å². The molecule has 1 aromatic carbocycles. The van der Waals surface area contributed by atoms with Crippen molar-refractivity contribution in [3.8, 4) is 22.1 Å². The highest BCUT2D eigenvalue weighted by Gasteiger charge is 2.25. The summed E-state index contributed by atoms with van der Waals surface area (Å²) in [5.74, 6) is -1.18. The molecule has 1 aliphatic rings. The number of nitrogens with two attached hydrogens (primary N) is 1. The van der Waals surface area contributed by atoms with Crippen LogP contribution in [0.25, 0.3) is 10.6 Å². The first kappa shape index (κ1) is 31.2. The minimum Gasteiger partial charge on any atom is -0.489 e. The van der Waals surface area contributed by atoms with E-state index in [1.54, 1.807) is 25.1 Å². The lowest BCUT2D eigenvalue weighted by atomic mass is 10.2. The van der Waals surface area contributed by atoms with Crippen LogP contribution in [0.2, 0.25) is 0 Å². The summed E-state index contributed by atoms with van der Waals surface area (Å²) >= 11 is 1.21. The zero-order valence-corrected chi connectivity index (χ0v) is 22.5. The number of carboxylic acid groups (broad SMARTS) is 1. The first-order valence-electron chi connectivity index (χ1n) is 11.2. The Morgan fingerprint density at radius 1 is 1.18 bits per heavy atom. The molecule has 1 amide bonds. The van der Waals surface area contributed by atoms with Crippen LogP contribution in [0.4, 0.5) is 8.78 Å². The summed E-state index contributed by atoms with van der Waals surface area (Å²) in [4.78, 5) is 33.0. The van der Waals surface area contributed by atoms with Gasteiger partial charge in [0.15, 0.2) is 11.5 Å². The molecular weight excluding hydrogens is 565 g/mol. The van der Waals surface area contributed by atoms with Crippen LogP contribution >= 0.6 is 36.2 Å². The first-order valence-corrected chi connectivity index (χ1v) is 12.0. The van der Waals surface area contributed by atoms with Crippen molar-refractivity contribution in [3.05, 3.63) is 58.4 Å². The molecule has 1 saturated carbocycles. The van der Waals surface area contributed by atoms with Crippen LogP contribution in [0.15, 0.2) is 36.4 Å². The van der Waals surface area contributed by atoms with Crippen LogP contribution in [0.1, 0.15) is 57.4 Å². The monoisotopic (exact) mass is 590 g/mol. The highest BCUT2D eigenvalue weighted by Crippen LogP contribution is 2.38. The molecule has 1 aliphatic carbocycles. The number of thiazole rings is 1. The minimum atomic E-state index is -3.00. The van der Waals surface area contributed by atoms with Gasteiger partial charge in [-0.1, -0.05) is 6.07 Å². The second-order valence-electron chi connectivity index (χ2n) is 8.32. The van der Waals surface area contributed by atoms with Crippen LogP contribution < -0.4 is 20.5 Å². The number of nitrogens with zero attached hydrogens (tertiary/aromatic N) is 2. The number of pyridine rings is 1. The number of rotatable bonds is 11. The lowest BCUT2D eigenvalue weighted by Crippen LogP contribution is -2.25. The molecule has 0 bridgehead atoms. The van der Waals surface area contributed by atoms with Crippen molar-refractivity contribution in [2.45, 2.75) is 39.0 Å². The number of nitrogens with one attached hydrogen (secondary N) is 1. The van der Waals surface area contributed by atoms with Gasteiger partial charge in [-0.3, -0.25) is 4.79 Å². The summed E-state index contributed by atoms with van der Waals surface area (Å²) in [6.45, 7) is -0.888. The Balaban J connectivity index is 0.00000253. The molecule has 4 rings (SSSR count). The van der Waals surface area contributed by atoms with Gasteiger partial charge >= 0.3 is 12.6 Å². The Morgan fingerprint density at radius 3 is 2.55 bits per heavy atom. The van der Waals surface area contributed by atoms with Gasteiger partial charge in [-0.2, -0.15) is 8.78 Å². The molecule has 2 heterocycles. The Kier molecular flexibility index (Phi) is 11.2. The second kappa shape index (κ2) is 13.7. The predicted molar refractivity (Wildman–Crippen MR) is 142 cm³/mol. The number of alkyl halides is 2. The first-order chi connectivity index (χ1) is 17.2. The number of benzene rings is 1. The third kappa shape index (κ3) is 7.97. The van der Waals surface area contributed by atoms with E-state index in [0.717, 1.165) is 12.8 Å². The van der Waals surface area contributed by atoms with E-state index < -0.39 is 24.5 Å². The molecule has 14 heteroatoms. The Labute approximate surface area is 233 Å². The van der Waals surface area contributed by atoms with E-state index >= 15 is 0 Å². The topological polar surface area (TPSA) is 137 Å². The summed E-state index contributed by atoms with van der Waals surface area (Å²) in [6.07, 6.45) is 2.06. The van der Waals surface area contributed by atoms with Gasteiger partial charge in [-0.05, 0) is 56.0 Å². The zero-order valence-electron chi connectivity index (χ0n) is 20.1. The molecule has 0 radical (unpaired) electrons. The number of amides is 1. The van der Waals surface area contributed by atoms with E-state index in [-0.39, 0.29) is 54.2 Å². The molecule has 0 aliphatic heterocycles. The van der Waals surface area contributed by atoms with Gasteiger partial charge < -0.3 is 25.6 Å². The van der Waals surface area contributed by atoms with E-state index in [1.165, 1.54) is 29.5 Å². The van der Waals surface area contributed by atoms with Gasteiger partial charge in [0.1, 0.15) is 16.4 Å². The fraction of sp³-hybridized carbons (Fsp3) is 0.333. The fourth-order valence-electron chi connectivity index (χ4n) is 3.32. The van der Waals surface area contributed by atoms with Crippen molar-refractivity contribution in [1.29, 1.82) is 0 Å². The van der Waals surface area contributed by atoms with Gasteiger partial charge in [0.05, 0.1) is 23.7 Å². The molecule has 1 atom stereocenters. The molecule has 1 unspecified atom stereocenters. The van der Waals surface area contributed by atoms with Gasteiger partial charge in [0.25, 0.3) is 5.91 Å². The highest BCUT2D eigenvalue weighted by molar-refractivity contribution is 7.15. The number of hydrogen-bond acceptors (Lipinski definition) is 8. The Hall–Kier alpha value is -3.06. The zero-order chi connectivity index (χ0) is 25.8. The standard InChI is InChI=1S/C24H24F2N4O5S.2ClH/c1-12(27)20-19(21(31)28-10-15-3-2-4-16(29-15)23(32)33)30-22(36-20)14-7-8-17(35-24(25)26)18(9-14)34-11-13-5-6-13;;/h2-4,7-9,12-13,24H,5-6,10-11,27H2,1H3,(H,28,31)(H,32,33);2*1H. The summed E-state index contributed by atoms with van der Waals surface area (Å²) < 4.78 is 36.0. The number of carboxylic acids is 1. The summed E-state index contributed by atoms with van der Waals surface area (Å²) in [6, 6.07) is 8.50. The minimum absolute atomic E-state index is 0. The molecule has 3 aromatic rings. The molecule has 0 spiro atoms. The van der Waals surface area contributed by atoms with E-state index in [2.05, 4.69) is 20.0 Å². The maximum Gasteiger partial charge on any atom is 0.387 e. The molecule has 9 nitrogen and oxygen atoms in total. The number of hydrogen-bond donors (Lipinski definition) is 3. The highest BCUT2D eigenvalue weighted by atomic mass is 35.5. The van der Waals surface area contributed by atoms with Gasteiger partial charge in [-0.25, -0.2) is 14.8 Å². The van der Waals surface area contributed by atoms with E-state index in [4.69, 9.17) is 15.6 Å². The normalized spacial score (nSPS) is 13.2. The quantitative estimate of drug-likeness (QED) is 0.281. The third-order valence-electron chi connectivity index (χ3n) is 5.32. The SMILES string of the molecule is CC(N)c1sc(-c2ccc(OC(F)F)c(OCC3CC3)c2)nc1C(=O)NCc1cccc(C(=O)O)n1.Cl.Cl. The average molecular weight is 591 g/mol. The van der Waals surface area contributed by atoms with Crippen LogP contribution in [-0.2, 0) is 6.54 Å². The number of aromatic nitrogens is 2. The van der Waals surface area contributed by atoms with E-state index in [0.29, 0.717) is 33.7 Å². The smallest absolute Gasteiger partial charge is 0.387 e. The molecular formula is C24H26Cl2F2N4O5S. The molecule has 1 fully saturated rings. The van der Waals surface area contributed by atoms with Crippen molar-refractivity contribution in [1.82, 2.24) is 15.3 Å². The molecule has 206 valence electrons. The van der Waals surface area contributed by atoms with E-state index in [1.807, 2.05) is 0 Å². The predicted octanol–water partition coefficient (Wildman–Crippen LogP) is 5.09. The van der Waals surface area contributed by atoms with Gasteiger partial charge in [0, 0.05) is 11.6 Å². The van der Waals surface area contributed by atoms with Crippen LogP contribution in [-0.4, -0.2) is 40.2 Å². The fourth-order valence-corrected chi connectivity index (χ4v) is 4.33. The Morgan fingerprint density at radius 2 is 1.92 bits per heavy atom. The summed E-state index contributed by atoms with van der Waals surface area (Å²) in [5, 5.41) is 12.2. The van der Waals surface area contributed by atoms with Crippen molar-refractivity contribution in [2.24, 2.45) is 11.7 Å². The molecule has 2 aromatic heterocycles. The van der Waals surface area contributed by atoms with Crippen LogP contribution in [0.5, 0.6) is 11.5 Å². The van der Waals surface area contributed by atoms with Gasteiger partial charge in [0.2, 0.25) is 0 Å². The molecule has 0 saturated heterocycles. The molecule has 38 heavy (non-hydrogen) atoms. The maximum atomic E-state index is 12.9. The van der Waals surface area contributed by atoms with Gasteiger partial charge in [-0.15, -0.1) is 36.2 Å². The van der Waals surface area contributed by atoms with Crippen LogP contribution in [0.3, 0.4) is 0 Å². The molecule has 4 N–H and O–H groups in total. The van der Waals surface area contributed by atoms with E-state index in [9.17, 15) is 18.4 Å². The number of ether oxygens (including phenoxy) is 2. The lowest BCUT2D eigenvalue weighted by Gasteiger charge is -2.13. The maximum absolute atomic E-state index is 12.9. The number of carbonyl (C=O) groups is 2. The van der Waals surface area contributed by atoms with Crippen molar-refractivity contribution in [3.63, 3.8) is 0 Å². The number of aromatic carboxylic acids is 1. The second-order valence-corrected chi connectivity index (χ2v) is 9.35. The number of halogens is 4. The third-order valence-corrected chi connectivity index (χ3v) is 6.62. The summed E-state index contributed by atoms with van der Waals surface area (Å²) in [7, 11) is 0. The largest absolute Gasteiger partial charge is 0.489 e. The van der Waals surface area contributed by atoms with Crippen molar-refractivity contribution < 1.29 is 33.0 Å². The average Bonchev–Trinajstić information content (AvgIpc) is 3.56. The Bertz CT molecular complexity index is 1270. The summed E-state index contributed by atoms with van der Waals surface area (Å²) in [5.41, 5.74) is 7.00. The van der Waals surface area contributed by atoms with Crippen molar-refractivity contribution in [2.75, 3.05) is 6.61 Å². The lowest BCUT2D eigenvalue weighted by molar-refractivity contribution is -0.0515. The number of carbonyl (C=O) groups excluding carboxylic acids is 1.